The average molecular weight is 416 g/mol. The predicted molar refractivity (Wildman–Crippen MR) is 105 cm³/mol. The van der Waals surface area contributed by atoms with Crippen molar-refractivity contribution in [2.24, 2.45) is 5.73 Å². The van der Waals surface area contributed by atoms with E-state index in [1.807, 2.05) is 0 Å². The van der Waals surface area contributed by atoms with Crippen LogP contribution in [0.3, 0.4) is 0 Å². The molecule has 2 aliphatic rings. The van der Waals surface area contributed by atoms with Gasteiger partial charge in [0, 0.05) is 26.1 Å². The second-order valence-corrected chi connectivity index (χ2v) is 7.08. The zero-order valence-electron chi connectivity index (χ0n) is 16.4. The lowest BCUT2D eigenvalue weighted by molar-refractivity contribution is -0.136. The Hall–Kier alpha value is -3.11. The van der Waals surface area contributed by atoms with Crippen molar-refractivity contribution in [2.45, 2.75) is 38.1 Å². The topological polar surface area (TPSA) is 148 Å². The number of anilines is 1. The molecule has 0 saturated carbocycles. The van der Waals surface area contributed by atoms with E-state index in [9.17, 15) is 24.0 Å². The van der Waals surface area contributed by atoms with E-state index in [1.54, 1.807) is 6.07 Å². The van der Waals surface area contributed by atoms with Gasteiger partial charge in [0.05, 0.1) is 16.8 Å². The number of benzene rings is 1. The van der Waals surface area contributed by atoms with Crippen molar-refractivity contribution >= 4 is 35.2 Å². The summed E-state index contributed by atoms with van der Waals surface area (Å²) in [5.74, 6) is -2.71. The summed E-state index contributed by atoms with van der Waals surface area (Å²) in [6.45, 7) is 1.50. The first kappa shape index (κ1) is 21.6. The van der Waals surface area contributed by atoms with Gasteiger partial charge in [-0.05, 0) is 37.9 Å². The van der Waals surface area contributed by atoms with Gasteiger partial charge in [-0.25, -0.2) is 0 Å². The highest BCUT2D eigenvalue weighted by molar-refractivity contribution is 6.26. The molecule has 0 spiro atoms. The van der Waals surface area contributed by atoms with Crippen LogP contribution in [0.2, 0.25) is 0 Å². The van der Waals surface area contributed by atoms with Gasteiger partial charge in [-0.3, -0.25) is 34.2 Å². The van der Waals surface area contributed by atoms with E-state index in [0.717, 1.165) is 11.3 Å². The standard InChI is InChI=1S/C20H24N4O6/c21-9-3-11-30-10-2-6-15(25)22-13-5-1-4-12-17(13)20(29)24(19(12)28)14-7-8-16(26)23-18(14)27/h1,4-5,14H,2-3,6-11,21H2,(H,22,25)(H,23,26,27). The second kappa shape index (κ2) is 9.59. The number of imide groups is 2. The van der Waals surface area contributed by atoms with Gasteiger partial charge < -0.3 is 15.8 Å². The molecule has 0 aromatic heterocycles. The molecule has 2 aliphatic heterocycles. The highest BCUT2D eigenvalue weighted by Gasteiger charge is 2.45. The second-order valence-electron chi connectivity index (χ2n) is 7.08. The molecule has 3 rings (SSSR count). The summed E-state index contributed by atoms with van der Waals surface area (Å²) in [6.07, 6.45) is 1.55. The molecule has 1 saturated heterocycles. The Kier molecular flexibility index (Phi) is 6.91. The fraction of sp³-hybridized carbons (Fsp3) is 0.450. The number of fused-ring (bicyclic) bond motifs is 1. The van der Waals surface area contributed by atoms with Crippen molar-refractivity contribution in [1.29, 1.82) is 0 Å². The maximum atomic E-state index is 13.0. The van der Waals surface area contributed by atoms with Gasteiger partial charge in [-0.1, -0.05) is 6.07 Å². The van der Waals surface area contributed by atoms with Crippen molar-refractivity contribution < 1.29 is 28.7 Å². The number of carbonyl (C=O) groups is 5. The zero-order valence-corrected chi connectivity index (χ0v) is 16.4. The van der Waals surface area contributed by atoms with Crippen LogP contribution >= 0.6 is 0 Å². The number of amides is 5. The lowest BCUT2D eigenvalue weighted by atomic mass is 10.0. The minimum atomic E-state index is -1.05. The number of carbonyl (C=O) groups excluding carboxylic acids is 5. The fourth-order valence-electron chi connectivity index (χ4n) is 3.45. The van der Waals surface area contributed by atoms with Gasteiger partial charge in [0.25, 0.3) is 11.8 Å². The number of ether oxygens (including phenoxy) is 1. The Labute approximate surface area is 173 Å². The van der Waals surface area contributed by atoms with Crippen LogP contribution in [0.5, 0.6) is 0 Å². The lowest BCUT2D eigenvalue weighted by Crippen LogP contribution is -2.54. The largest absolute Gasteiger partial charge is 0.381 e. The Morgan fingerprint density at radius 3 is 2.67 bits per heavy atom. The number of piperidine rings is 1. The molecule has 1 atom stereocenters. The summed E-state index contributed by atoms with van der Waals surface area (Å²) in [5, 5.41) is 4.82. The van der Waals surface area contributed by atoms with Gasteiger partial charge in [-0.15, -0.1) is 0 Å². The van der Waals surface area contributed by atoms with Crippen molar-refractivity contribution in [3.05, 3.63) is 29.3 Å². The van der Waals surface area contributed by atoms with Crippen LogP contribution < -0.4 is 16.4 Å². The van der Waals surface area contributed by atoms with Crippen LogP contribution in [-0.4, -0.2) is 60.2 Å². The first-order valence-electron chi connectivity index (χ1n) is 9.86. The van der Waals surface area contributed by atoms with E-state index in [-0.39, 0.29) is 42.0 Å². The fourth-order valence-corrected chi connectivity index (χ4v) is 3.45. The maximum absolute atomic E-state index is 13.0. The molecule has 10 heteroatoms. The smallest absolute Gasteiger partial charge is 0.264 e. The maximum Gasteiger partial charge on any atom is 0.264 e. The molecule has 5 amide bonds. The quantitative estimate of drug-likeness (QED) is 0.384. The Morgan fingerprint density at radius 1 is 1.17 bits per heavy atom. The van der Waals surface area contributed by atoms with E-state index in [2.05, 4.69) is 10.6 Å². The van der Waals surface area contributed by atoms with E-state index in [0.29, 0.717) is 26.2 Å². The average Bonchev–Trinajstić information content (AvgIpc) is 2.96. The van der Waals surface area contributed by atoms with E-state index < -0.39 is 29.7 Å². The summed E-state index contributed by atoms with van der Waals surface area (Å²) in [4.78, 5) is 62.4. The number of nitrogens with one attached hydrogen (secondary N) is 2. The monoisotopic (exact) mass is 416 g/mol. The van der Waals surface area contributed by atoms with Crippen LogP contribution in [0.15, 0.2) is 18.2 Å². The third kappa shape index (κ3) is 4.55. The molecule has 1 unspecified atom stereocenters. The number of nitrogens with zero attached hydrogens (tertiary/aromatic N) is 1. The normalized spacial score (nSPS) is 18.4. The summed E-state index contributed by atoms with van der Waals surface area (Å²) in [5.41, 5.74) is 5.77. The molecule has 4 N–H and O–H groups in total. The minimum Gasteiger partial charge on any atom is -0.381 e. The molecule has 0 bridgehead atoms. The summed E-state index contributed by atoms with van der Waals surface area (Å²) in [6, 6.07) is 3.52. The van der Waals surface area contributed by atoms with Gasteiger partial charge >= 0.3 is 0 Å². The molecule has 1 fully saturated rings. The van der Waals surface area contributed by atoms with Gasteiger partial charge in [0.1, 0.15) is 6.04 Å². The number of hydrogen-bond acceptors (Lipinski definition) is 7. The highest BCUT2D eigenvalue weighted by Crippen LogP contribution is 2.32. The van der Waals surface area contributed by atoms with Crippen molar-refractivity contribution in [3.8, 4) is 0 Å². The van der Waals surface area contributed by atoms with Crippen molar-refractivity contribution in [2.75, 3.05) is 25.1 Å². The first-order valence-corrected chi connectivity index (χ1v) is 9.86. The molecule has 10 nitrogen and oxygen atoms in total. The number of rotatable bonds is 9. The third-order valence-electron chi connectivity index (χ3n) is 4.93. The molecule has 30 heavy (non-hydrogen) atoms. The van der Waals surface area contributed by atoms with Gasteiger partial charge in [0.2, 0.25) is 17.7 Å². The molecule has 1 aromatic carbocycles. The van der Waals surface area contributed by atoms with Crippen molar-refractivity contribution in [1.82, 2.24) is 10.2 Å². The highest BCUT2D eigenvalue weighted by atomic mass is 16.5. The van der Waals surface area contributed by atoms with Crippen LogP contribution in [0.25, 0.3) is 0 Å². The predicted octanol–water partition coefficient (Wildman–Crippen LogP) is 0.172. The third-order valence-corrected chi connectivity index (χ3v) is 4.93. The van der Waals surface area contributed by atoms with Crippen LogP contribution in [0.1, 0.15) is 52.8 Å². The first-order chi connectivity index (χ1) is 14.4. The Bertz CT molecular complexity index is 884. The zero-order chi connectivity index (χ0) is 21.7. The van der Waals surface area contributed by atoms with Gasteiger partial charge in [-0.2, -0.15) is 0 Å². The van der Waals surface area contributed by atoms with Crippen molar-refractivity contribution in [3.63, 3.8) is 0 Å². The van der Waals surface area contributed by atoms with Crippen LogP contribution in [0, 0.1) is 0 Å². The molecule has 160 valence electrons. The molecule has 2 heterocycles. The molecular formula is C20H24N4O6. The summed E-state index contributed by atoms with van der Waals surface area (Å²) in [7, 11) is 0. The number of nitrogens with two attached hydrogens (primary N) is 1. The number of hydrogen-bond donors (Lipinski definition) is 3. The van der Waals surface area contributed by atoms with E-state index in [4.69, 9.17) is 10.5 Å². The van der Waals surface area contributed by atoms with Crippen LogP contribution in [-0.2, 0) is 19.1 Å². The SMILES string of the molecule is NCCCOCCCC(=O)Nc1cccc2c1C(=O)N(C1CCC(=O)NC1=O)C2=O. The summed E-state index contributed by atoms with van der Waals surface area (Å²) >= 11 is 0. The minimum absolute atomic E-state index is 0.0424. The molecular weight excluding hydrogens is 392 g/mol. The van der Waals surface area contributed by atoms with E-state index >= 15 is 0 Å². The summed E-state index contributed by atoms with van der Waals surface area (Å²) < 4.78 is 5.35. The molecule has 0 radical (unpaired) electrons. The Morgan fingerprint density at radius 2 is 1.93 bits per heavy atom. The van der Waals surface area contributed by atoms with Gasteiger partial charge in [0.15, 0.2) is 0 Å². The molecule has 1 aromatic rings. The molecule has 0 aliphatic carbocycles. The van der Waals surface area contributed by atoms with E-state index in [1.165, 1.54) is 12.1 Å². The van der Waals surface area contributed by atoms with Crippen LogP contribution in [0.4, 0.5) is 5.69 Å². The lowest BCUT2D eigenvalue weighted by Gasteiger charge is -2.27. The Balaban J connectivity index is 1.67.